The molecule has 1 atom stereocenters. The van der Waals surface area contributed by atoms with Gasteiger partial charge in [0.25, 0.3) is 0 Å². The molecule has 0 heterocycles. The van der Waals surface area contributed by atoms with Gasteiger partial charge in [0.2, 0.25) is 0 Å². The minimum absolute atomic E-state index is 0.502. The van der Waals surface area contributed by atoms with Crippen molar-refractivity contribution in [3.05, 3.63) is 0 Å². The molecule has 0 spiro atoms. The molecule has 1 saturated carbocycles. The molecule has 3 N–H and O–H groups in total. The summed E-state index contributed by atoms with van der Waals surface area (Å²) in [5.74, 6) is 2.31. The van der Waals surface area contributed by atoms with Gasteiger partial charge in [0.1, 0.15) is 0 Å². The third-order valence-corrected chi connectivity index (χ3v) is 4.93. The Hall–Kier alpha value is -0.410. The lowest BCUT2D eigenvalue weighted by Crippen LogP contribution is -2.35. The van der Waals surface area contributed by atoms with Gasteiger partial charge >= 0.3 is 0 Å². The first-order valence-electron chi connectivity index (χ1n) is 9.96. The first-order valence-corrected chi connectivity index (χ1v) is 9.96. The smallest absolute Gasteiger partial charge is 0.0543 e. The summed E-state index contributed by atoms with van der Waals surface area (Å²) in [5.41, 5.74) is 7.21. The zero-order valence-corrected chi connectivity index (χ0v) is 16.1. The second-order valence-corrected chi connectivity index (χ2v) is 8.28. The molecule has 1 aliphatic carbocycles. The van der Waals surface area contributed by atoms with E-state index in [1.165, 1.54) is 50.7 Å². The van der Waals surface area contributed by atoms with Crippen molar-refractivity contribution in [1.29, 1.82) is 0 Å². The molecular weight excluding hydrogens is 282 g/mol. The Labute approximate surface area is 144 Å². The number of aliphatic imine (C=N–C) groups is 1. The molecule has 3 nitrogen and oxygen atoms in total. The average Bonchev–Trinajstić information content (AvgIpc) is 2.51. The van der Waals surface area contributed by atoms with Crippen LogP contribution in [-0.4, -0.2) is 31.4 Å². The highest BCUT2D eigenvalue weighted by atomic mass is 14.9. The molecule has 0 amide bonds. The topological polar surface area (TPSA) is 50.4 Å². The van der Waals surface area contributed by atoms with Crippen LogP contribution in [0.15, 0.2) is 4.99 Å². The van der Waals surface area contributed by atoms with Gasteiger partial charge in [-0.25, -0.2) is 0 Å². The van der Waals surface area contributed by atoms with Crippen LogP contribution < -0.4 is 11.1 Å². The molecule has 0 aromatic carbocycles. The van der Waals surface area contributed by atoms with E-state index in [9.17, 15) is 0 Å². The molecule has 3 heteroatoms. The summed E-state index contributed by atoms with van der Waals surface area (Å²) in [5, 5.41) is 3.72. The second-order valence-electron chi connectivity index (χ2n) is 8.28. The molecule has 0 radical (unpaired) electrons. The van der Waals surface area contributed by atoms with Crippen molar-refractivity contribution in [2.24, 2.45) is 28.5 Å². The van der Waals surface area contributed by atoms with Crippen LogP contribution in [-0.2, 0) is 0 Å². The summed E-state index contributed by atoms with van der Waals surface area (Å²) < 4.78 is 0. The summed E-state index contributed by atoms with van der Waals surface area (Å²) in [7, 11) is 0. The summed E-state index contributed by atoms with van der Waals surface area (Å²) in [4.78, 5) is 4.92. The van der Waals surface area contributed by atoms with E-state index in [2.05, 4.69) is 33.0 Å². The van der Waals surface area contributed by atoms with Gasteiger partial charge in [0, 0.05) is 18.3 Å². The molecule has 23 heavy (non-hydrogen) atoms. The summed E-state index contributed by atoms with van der Waals surface area (Å²) in [6.45, 7) is 11.8. The SMILES string of the molecule is CC(C)CCN[C@H](CN=C(CN)CC1CCCCC1)CC(C)C. The Morgan fingerprint density at radius 2 is 1.78 bits per heavy atom. The van der Waals surface area contributed by atoms with Crippen LogP contribution >= 0.6 is 0 Å². The van der Waals surface area contributed by atoms with Gasteiger partial charge in [0.15, 0.2) is 0 Å². The van der Waals surface area contributed by atoms with Crippen LogP contribution in [0.4, 0.5) is 0 Å². The van der Waals surface area contributed by atoms with E-state index in [1.807, 2.05) is 0 Å². The number of hydrogen-bond donors (Lipinski definition) is 2. The molecule has 0 aromatic heterocycles. The van der Waals surface area contributed by atoms with E-state index in [0.29, 0.717) is 18.5 Å². The van der Waals surface area contributed by atoms with Crippen LogP contribution in [0.2, 0.25) is 0 Å². The Morgan fingerprint density at radius 3 is 2.35 bits per heavy atom. The molecule has 0 unspecified atom stereocenters. The van der Waals surface area contributed by atoms with Gasteiger partial charge < -0.3 is 11.1 Å². The maximum Gasteiger partial charge on any atom is 0.0543 e. The van der Waals surface area contributed by atoms with Crippen molar-refractivity contribution in [3.63, 3.8) is 0 Å². The predicted molar refractivity (Wildman–Crippen MR) is 103 cm³/mol. The monoisotopic (exact) mass is 323 g/mol. The van der Waals surface area contributed by atoms with E-state index in [-0.39, 0.29) is 0 Å². The lowest BCUT2D eigenvalue weighted by molar-refractivity contribution is 0.366. The van der Waals surface area contributed by atoms with E-state index in [4.69, 9.17) is 10.7 Å². The van der Waals surface area contributed by atoms with E-state index >= 15 is 0 Å². The third-order valence-electron chi connectivity index (χ3n) is 4.93. The fourth-order valence-electron chi connectivity index (χ4n) is 3.54. The van der Waals surface area contributed by atoms with Gasteiger partial charge in [-0.05, 0) is 43.6 Å². The predicted octanol–water partition coefficient (Wildman–Crippen LogP) is 4.41. The van der Waals surface area contributed by atoms with Gasteiger partial charge in [-0.3, -0.25) is 4.99 Å². The normalized spacial score (nSPS) is 18.8. The van der Waals surface area contributed by atoms with Gasteiger partial charge in [-0.15, -0.1) is 0 Å². The second kappa shape index (κ2) is 12.0. The van der Waals surface area contributed by atoms with Crippen LogP contribution in [0.25, 0.3) is 0 Å². The largest absolute Gasteiger partial charge is 0.326 e. The number of nitrogens with one attached hydrogen (secondary N) is 1. The highest BCUT2D eigenvalue weighted by Gasteiger charge is 2.16. The molecule has 1 fully saturated rings. The summed E-state index contributed by atoms with van der Waals surface area (Å²) >= 11 is 0. The minimum Gasteiger partial charge on any atom is -0.326 e. The summed E-state index contributed by atoms with van der Waals surface area (Å²) in [6.07, 6.45) is 10.5. The van der Waals surface area contributed by atoms with E-state index in [1.54, 1.807) is 0 Å². The molecule has 0 aromatic rings. The Bertz CT molecular complexity index is 317. The Kier molecular flexibility index (Phi) is 10.8. The lowest BCUT2D eigenvalue weighted by Gasteiger charge is -2.23. The molecule has 1 aliphatic rings. The standard InChI is InChI=1S/C20H41N3/c1-16(2)10-11-22-20(12-17(3)4)15-23-19(14-21)13-18-8-6-5-7-9-18/h16-18,20,22H,5-15,21H2,1-4H3/t20-/m0/s1. The fourth-order valence-corrected chi connectivity index (χ4v) is 3.54. The summed E-state index contributed by atoms with van der Waals surface area (Å²) in [6, 6.07) is 0.502. The first kappa shape index (κ1) is 20.6. The maximum absolute atomic E-state index is 5.97. The Balaban J connectivity index is 2.46. The molecule has 136 valence electrons. The number of nitrogens with zero attached hydrogens (tertiary/aromatic N) is 1. The zero-order chi connectivity index (χ0) is 17.1. The third kappa shape index (κ3) is 10.1. The van der Waals surface area contributed by atoms with Crippen molar-refractivity contribution in [3.8, 4) is 0 Å². The average molecular weight is 324 g/mol. The van der Waals surface area contributed by atoms with Gasteiger partial charge in [0.05, 0.1) is 6.54 Å². The fraction of sp³-hybridized carbons (Fsp3) is 0.950. The van der Waals surface area contributed by atoms with Gasteiger partial charge in [-0.1, -0.05) is 59.8 Å². The number of rotatable bonds is 11. The molecule has 0 bridgehead atoms. The maximum atomic E-state index is 5.97. The first-order chi connectivity index (χ1) is 11.0. The highest BCUT2D eigenvalue weighted by Crippen LogP contribution is 2.26. The van der Waals surface area contributed by atoms with Crippen LogP contribution in [0, 0.1) is 17.8 Å². The molecule has 0 saturated heterocycles. The number of nitrogens with two attached hydrogens (primary N) is 1. The quantitative estimate of drug-likeness (QED) is 0.553. The molecule has 0 aliphatic heterocycles. The minimum atomic E-state index is 0.502. The van der Waals surface area contributed by atoms with Crippen molar-refractivity contribution in [1.82, 2.24) is 5.32 Å². The van der Waals surface area contributed by atoms with Crippen LogP contribution in [0.1, 0.15) is 79.1 Å². The van der Waals surface area contributed by atoms with Crippen molar-refractivity contribution in [2.75, 3.05) is 19.6 Å². The number of hydrogen-bond acceptors (Lipinski definition) is 3. The van der Waals surface area contributed by atoms with Gasteiger partial charge in [-0.2, -0.15) is 0 Å². The highest BCUT2D eigenvalue weighted by molar-refractivity contribution is 5.86. The van der Waals surface area contributed by atoms with E-state index < -0.39 is 0 Å². The Morgan fingerprint density at radius 1 is 1.09 bits per heavy atom. The molecular formula is C20H41N3. The van der Waals surface area contributed by atoms with Crippen molar-refractivity contribution < 1.29 is 0 Å². The van der Waals surface area contributed by atoms with Crippen LogP contribution in [0.3, 0.4) is 0 Å². The zero-order valence-electron chi connectivity index (χ0n) is 16.1. The molecule has 1 rings (SSSR count). The van der Waals surface area contributed by atoms with Crippen molar-refractivity contribution >= 4 is 5.71 Å². The van der Waals surface area contributed by atoms with E-state index in [0.717, 1.165) is 31.3 Å². The van der Waals surface area contributed by atoms with Crippen molar-refractivity contribution in [2.45, 2.75) is 85.1 Å². The van der Waals surface area contributed by atoms with Crippen LogP contribution in [0.5, 0.6) is 0 Å². The lowest BCUT2D eigenvalue weighted by atomic mass is 9.85.